The average Bonchev–Trinajstić information content (AvgIpc) is 3.35. The summed E-state index contributed by atoms with van der Waals surface area (Å²) in [4.78, 5) is 19.6. The van der Waals surface area contributed by atoms with Crippen molar-refractivity contribution in [2.24, 2.45) is 0 Å². The largest absolute Gasteiger partial charge is 0.478 e. The van der Waals surface area contributed by atoms with Gasteiger partial charge in [0.15, 0.2) is 0 Å². The summed E-state index contributed by atoms with van der Waals surface area (Å²) in [6, 6.07) is 18.8. The Kier molecular flexibility index (Phi) is 10.6. The van der Waals surface area contributed by atoms with Gasteiger partial charge in [-0.25, -0.2) is 14.2 Å². The molecule has 1 aliphatic rings. The number of carboxylic acids is 1. The van der Waals surface area contributed by atoms with Gasteiger partial charge >= 0.3 is 5.97 Å². The molecule has 0 unspecified atom stereocenters. The van der Waals surface area contributed by atoms with Crippen LogP contribution >= 0.6 is 23.2 Å². The van der Waals surface area contributed by atoms with Crippen LogP contribution in [-0.4, -0.2) is 38.6 Å². The van der Waals surface area contributed by atoms with E-state index in [0.29, 0.717) is 34.8 Å². The summed E-state index contributed by atoms with van der Waals surface area (Å²) in [6.45, 7) is 9.10. The number of piperidine rings is 1. The number of aromatic nitrogens is 2. The number of nitrogens with zero attached hydrogens (tertiary/aromatic N) is 3. The van der Waals surface area contributed by atoms with Gasteiger partial charge in [-0.1, -0.05) is 59.1 Å². The van der Waals surface area contributed by atoms with Gasteiger partial charge in [-0.2, -0.15) is 0 Å². The first kappa shape index (κ1) is 32.7. The number of fused-ring (bicyclic) bond motifs is 1. The summed E-state index contributed by atoms with van der Waals surface area (Å²) in [5.41, 5.74) is 7.15. The zero-order valence-electron chi connectivity index (χ0n) is 25.9. The molecule has 234 valence electrons. The van der Waals surface area contributed by atoms with E-state index in [4.69, 9.17) is 28.2 Å². The van der Waals surface area contributed by atoms with E-state index in [2.05, 4.69) is 27.7 Å². The van der Waals surface area contributed by atoms with E-state index in [1.54, 1.807) is 43.4 Å². The van der Waals surface area contributed by atoms with Crippen molar-refractivity contribution in [3.05, 3.63) is 128 Å². The Balaban J connectivity index is 1.43. The predicted octanol–water partition coefficient (Wildman–Crippen LogP) is 9.49. The molecule has 45 heavy (non-hydrogen) atoms. The average molecular weight is 647 g/mol. The zero-order valence-corrected chi connectivity index (χ0v) is 27.4. The molecule has 1 N–H and O–H groups in total. The molecular formula is C37H38Cl2FN3O2. The van der Waals surface area contributed by atoms with Crippen molar-refractivity contribution in [1.29, 1.82) is 0 Å². The van der Waals surface area contributed by atoms with Gasteiger partial charge in [-0.15, -0.1) is 0 Å². The highest BCUT2D eigenvalue weighted by molar-refractivity contribution is 6.34. The molecule has 0 bridgehead atoms. The van der Waals surface area contributed by atoms with Gasteiger partial charge < -0.3 is 9.67 Å². The molecule has 5 rings (SSSR count). The second-order valence-electron chi connectivity index (χ2n) is 11.9. The van der Waals surface area contributed by atoms with Crippen molar-refractivity contribution in [2.45, 2.75) is 59.0 Å². The van der Waals surface area contributed by atoms with Crippen LogP contribution in [0.3, 0.4) is 0 Å². The highest BCUT2D eigenvalue weighted by Gasteiger charge is 2.22. The van der Waals surface area contributed by atoms with Crippen molar-refractivity contribution in [3.8, 4) is 0 Å². The Hall–Kier alpha value is -3.71. The van der Waals surface area contributed by atoms with Gasteiger partial charge in [-0.3, -0.25) is 4.90 Å². The molecule has 0 radical (unpaired) electrons. The second kappa shape index (κ2) is 14.6. The number of carbonyl (C=O) groups is 1. The van der Waals surface area contributed by atoms with E-state index < -0.39 is 5.97 Å². The number of aryl methyl sites for hydroxylation is 2. The topological polar surface area (TPSA) is 58.4 Å². The van der Waals surface area contributed by atoms with Crippen LogP contribution in [0.25, 0.3) is 16.6 Å². The van der Waals surface area contributed by atoms with E-state index in [-0.39, 0.29) is 11.4 Å². The van der Waals surface area contributed by atoms with Gasteiger partial charge in [0, 0.05) is 28.7 Å². The molecule has 0 spiro atoms. The minimum atomic E-state index is -0.995. The number of allylic oxidation sites excluding steroid dienone is 4. The Morgan fingerprint density at radius 2 is 1.67 bits per heavy atom. The SMILES string of the molecule is C/C=C\C(=C/C(=C(C)C)c1nc2cc(CN3CCC(c4cc(Cl)cc(Cl)c4)CC3)ccc2n1CCc1ccc(F)cc1)C(=O)O. The third-order valence-corrected chi connectivity index (χ3v) is 8.81. The van der Waals surface area contributed by atoms with E-state index in [9.17, 15) is 14.3 Å². The number of rotatable bonds is 10. The first-order valence-electron chi connectivity index (χ1n) is 15.3. The van der Waals surface area contributed by atoms with Crippen LogP contribution in [0.15, 0.2) is 90.0 Å². The maximum absolute atomic E-state index is 13.6. The number of benzene rings is 3. The number of imidazole rings is 1. The van der Waals surface area contributed by atoms with Crippen LogP contribution < -0.4 is 0 Å². The van der Waals surface area contributed by atoms with Crippen LogP contribution in [-0.2, 0) is 24.3 Å². The molecule has 3 aromatic carbocycles. The minimum absolute atomic E-state index is 0.190. The predicted molar refractivity (Wildman–Crippen MR) is 182 cm³/mol. The lowest BCUT2D eigenvalue weighted by Crippen LogP contribution is -2.32. The van der Waals surface area contributed by atoms with Gasteiger partial charge in [0.05, 0.1) is 16.6 Å². The molecule has 0 atom stereocenters. The summed E-state index contributed by atoms with van der Waals surface area (Å²) in [7, 11) is 0. The minimum Gasteiger partial charge on any atom is -0.478 e. The Morgan fingerprint density at radius 3 is 2.29 bits per heavy atom. The number of aliphatic carboxylic acids is 1. The van der Waals surface area contributed by atoms with Crippen LogP contribution in [0, 0.1) is 5.82 Å². The zero-order chi connectivity index (χ0) is 32.1. The van der Waals surface area contributed by atoms with Crippen LogP contribution in [0.4, 0.5) is 4.39 Å². The maximum Gasteiger partial charge on any atom is 0.335 e. The van der Waals surface area contributed by atoms with Gasteiger partial charge in [0.2, 0.25) is 0 Å². The normalized spacial score (nSPS) is 14.8. The third kappa shape index (κ3) is 8.12. The second-order valence-corrected chi connectivity index (χ2v) is 12.7. The first-order valence-corrected chi connectivity index (χ1v) is 16.0. The molecular weight excluding hydrogens is 608 g/mol. The summed E-state index contributed by atoms with van der Waals surface area (Å²) in [6.07, 6.45) is 7.77. The van der Waals surface area contributed by atoms with Crippen molar-refractivity contribution >= 4 is 45.8 Å². The molecule has 0 saturated carbocycles. The van der Waals surface area contributed by atoms with E-state index in [1.165, 1.54) is 23.3 Å². The molecule has 0 amide bonds. The number of hydrogen-bond donors (Lipinski definition) is 1. The van der Waals surface area contributed by atoms with Crippen LogP contribution in [0.1, 0.15) is 62.0 Å². The van der Waals surface area contributed by atoms with Gasteiger partial charge in [0.1, 0.15) is 11.6 Å². The molecule has 1 fully saturated rings. The summed E-state index contributed by atoms with van der Waals surface area (Å²) in [5, 5.41) is 11.2. The van der Waals surface area contributed by atoms with E-state index >= 15 is 0 Å². The van der Waals surface area contributed by atoms with E-state index in [1.807, 2.05) is 26.0 Å². The summed E-state index contributed by atoms with van der Waals surface area (Å²) >= 11 is 12.5. The molecule has 4 aromatic rings. The smallest absolute Gasteiger partial charge is 0.335 e. The number of carboxylic acid groups (broad SMARTS) is 1. The molecule has 8 heteroatoms. The highest BCUT2D eigenvalue weighted by Crippen LogP contribution is 2.33. The van der Waals surface area contributed by atoms with Crippen molar-refractivity contribution in [3.63, 3.8) is 0 Å². The summed E-state index contributed by atoms with van der Waals surface area (Å²) < 4.78 is 15.7. The first-order chi connectivity index (χ1) is 21.6. The lowest BCUT2D eigenvalue weighted by molar-refractivity contribution is -0.132. The Labute approximate surface area is 274 Å². The lowest BCUT2D eigenvalue weighted by atomic mass is 9.89. The van der Waals surface area contributed by atoms with Gasteiger partial charge in [-0.05, 0) is 124 Å². The monoisotopic (exact) mass is 645 g/mol. The number of likely N-dealkylation sites (tertiary alicyclic amines) is 1. The maximum atomic E-state index is 13.6. The fourth-order valence-electron chi connectivity index (χ4n) is 6.04. The standard InChI is InChI=1S/C37H38Cl2FN3O2/c1-4-5-28(37(44)45)21-33(24(2)3)36-41-34-18-26(8-11-35(34)43(36)17-12-25-6-9-32(40)10-7-25)23-42-15-13-27(14-16-42)29-19-30(38)22-31(39)20-29/h4-11,18-22,27H,12-17,23H2,1-3H3,(H,44,45)/b5-4-,28-21+. The van der Waals surface area contributed by atoms with Crippen molar-refractivity contribution in [1.82, 2.24) is 14.5 Å². The molecule has 0 aliphatic carbocycles. The highest BCUT2D eigenvalue weighted by atomic mass is 35.5. The molecule has 5 nitrogen and oxygen atoms in total. The van der Waals surface area contributed by atoms with Crippen LogP contribution in [0.5, 0.6) is 0 Å². The van der Waals surface area contributed by atoms with Gasteiger partial charge in [0.25, 0.3) is 0 Å². The fraction of sp³-hybridized carbons (Fsp3) is 0.297. The molecule has 1 aliphatic heterocycles. The van der Waals surface area contributed by atoms with E-state index in [0.717, 1.165) is 60.2 Å². The quantitative estimate of drug-likeness (QED) is 0.138. The molecule has 1 aromatic heterocycles. The molecule has 2 heterocycles. The molecule has 1 saturated heterocycles. The summed E-state index contributed by atoms with van der Waals surface area (Å²) in [5.74, 6) is -0.104. The fourth-order valence-corrected chi connectivity index (χ4v) is 6.58. The number of halogens is 3. The third-order valence-electron chi connectivity index (χ3n) is 8.37. The Morgan fingerprint density at radius 1 is 1.00 bits per heavy atom. The lowest BCUT2D eigenvalue weighted by Gasteiger charge is -2.32. The van der Waals surface area contributed by atoms with Crippen LogP contribution in [0.2, 0.25) is 10.0 Å². The number of hydrogen-bond acceptors (Lipinski definition) is 3. The Bertz CT molecular complexity index is 1760. The van der Waals surface area contributed by atoms with Crippen molar-refractivity contribution in [2.75, 3.05) is 13.1 Å². The van der Waals surface area contributed by atoms with Crippen molar-refractivity contribution < 1.29 is 14.3 Å².